The number of benzene rings is 1. The minimum absolute atomic E-state index is 0.134. The Morgan fingerprint density at radius 2 is 1.80 bits per heavy atom. The number of anilines is 2. The zero-order valence-corrected chi connectivity index (χ0v) is 14.0. The molecule has 0 saturated heterocycles. The van der Waals surface area contributed by atoms with Crippen molar-refractivity contribution in [1.29, 1.82) is 0 Å². The highest BCUT2D eigenvalue weighted by atomic mass is 16.2. The highest BCUT2D eigenvalue weighted by Gasteiger charge is 2.22. The maximum absolute atomic E-state index is 12.2. The van der Waals surface area contributed by atoms with E-state index in [0.717, 1.165) is 31.2 Å². The first kappa shape index (κ1) is 17.0. The number of nitrogens with zero attached hydrogens (tertiary/aromatic N) is 1. The maximum atomic E-state index is 12.2. The number of amides is 2. The molecule has 0 unspecified atom stereocenters. The Bertz CT molecular complexity index is 735. The predicted octanol–water partition coefficient (Wildman–Crippen LogP) is 2.72. The van der Waals surface area contributed by atoms with Crippen LogP contribution in [-0.2, 0) is 11.3 Å². The van der Waals surface area contributed by atoms with Gasteiger partial charge in [-0.3, -0.25) is 9.59 Å². The fraction of sp³-hybridized carbons (Fsp3) is 0.316. The molecule has 0 radical (unpaired) electrons. The Labute approximate surface area is 146 Å². The van der Waals surface area contributed by atoms with Gasteiger partial charge >= 0.3 is 0 Å². The second-order valence-electron chi connectivity index (χ2n) is 6.32. The van der Waals surface area contributed by atoms with Crippen LogP contribution in [0.5, 0.6) is 0 Å². The molecule has 0 spiro atoms. The third-order valence-corrected chi connectivity index (χ3v) is 4.45. The Hall–Kier alpha value is -2.89. The Balaban J connectivity index is 1.53. The number of pyridine rings is 1. The smallest absolute Gasteiger partial charge is 0.255 e. The van der Waals surface area contributed by atoms with Crippen LogP contribution >= 0.6 is 0 Å². The molecule has 1 aliphatic rings. The molecule has 0 atom stereocenters. The largest absolute Gasteiger partial charge is 0.384 e. The number of rotatable bonds is 5. The second kappa shape index (κ2) is 7.79. The van der Waals surface area contributed by atoms with Gasteiger partial charge in [-0.1, -0.05) is 25.0 Å². The lowest BCUT2D eigenvalue weighted by atomic mass is 10.1. The average Bonchev–Trinajstić information content (AvgIpc) is 3.17. The molecule has 2 aromatic rings. The zero-order valence-electron chi connectivity index (χ0n) is 14.0. The average molecular weight is 338 g/mol. The topological polar surface area (TPSA) is 97.1 Å². The first-order valence-corrected chi connectivity index (χ1v) is 8.51. The van der Waals surface area contributed by atoms with E-state index in [2.05, 4.69) is 15.6 Å². The van der Waals surface area contributed by atoms with E-state index < -0.39 is 0 Å². The number of hydrogen-bond acceptors (Lipinski definition) is 4. The van der Waals surface area contributed by atoms with Crippen molar-refractivity contribution in [1.82, 2.24) is 10.3 Å². The molecule has 1 aromatic carbocycles. The SMILES string of the molecule is Nc1ccc(NC(=O)c2ccc(CNC(=O)C3CCCC3)cc2)cn1. The molecule has 2 amide bonds. The Morgan fingerprint density at radius 1 is 1.08 bits per heavy atom. The summed E-state index contributed by atoms with van der Waals surface area (Å²) in [7, 11) is 0. The fourth-order valence-electron chi connectivity index (χ4n) is 2.98. The maximum Gasteiger partial charge on any atom is 0.255 e. The quantitative estimate of drug-likeness (QED) is 0.781. The van der Waals surface area contributed by atoms with Gasteiger partial charge in [0.15, 0.2) is 0 Å². The fourth-order valence-corrected chi connectivity index (χ4v) is 2.98. The molecule has 1 fully saturated rings. The summed E-state index contributed by atoms with van der Waals surface area (Å²) < 4.78 is 0. The molecule has 6 nitrogen and oxygen atoms in total. The summed E-state index contributed by atoms with van der Waals surface area (Å²) >= 11 is 0. The highest BCUT2D eigenvalue weighted by Crippen LogP contribution is 2.24. The summed E-state index contributed by atoms with van der Waals surface area (Å²) in [5, 5.41) is 5.74. The van der Waals surface area contributed by atoms with Gasteiger partial charge in [0.2, 0.25) is 5.91 Å². The van der Waals surface area contributed by atoms with Crippen LogP contribution in [0.2, 0.25) is 0 Å². The van der Waals surface area contributed by atoms with Crippen LogP contribution in [0.1, 0.15) is 41.6 Å². The van der Waals surface area contributed by atoms with Gasteiger partial charge < -0.3 is 16.4 Å². The van der Waals surface area contributed by atoms with E-state index in [9.17, 15) is 9.59 Å². The lowest BCUT2D eigenvalue weighted by Gasteiger charge is -2.11. The number of nitrogen functional groups attached to an aromatic ring is 1. The van der Waals surface area contributed by atoms with Crippen molar-refractivity contribution in [2.75, 3.05) is 11.1 Å². The monoisotopic (exact) mass is 338 g/mol. The van der Waals surface area contributed by atoms with Crippen molar-refractivity contribution >= 4 is 23.3 Å². The molecule has 3 rings (SSSR count). The minimum Gasteiger partial charge on any atom is -0.384 e. The molecule has 1 aromatic heterocycles. The van der Waals surface area contributed by atoms with Crippen molar-refractivity contribution in [3.8, 4) is 0 Å². The van der Waals surface area contributed by atoms with E-state index in [1.54, 1.807) is 24.3 Å². The number of carbonyl (C=O) groups is 2. The molecule has 1 aliphatic carbocycles. The van der Waals surface area contributed by atoms with Crippen LogP contribution in [0, 0.1) is 5.92 Å². The highest BCUT2D eigenvalue weighted by molar-refractivity contribution is 6.04. The van der Waals surface area contributed by atoms with Crippen molar-refractivity contribution in [3.05, 3.63) is 53.7 Å². The van der Waals surface area contributed by atoms with Gasteiger partial charge in [0.05, 0.1) is 11.9 Å². The van der Waals surface area contributed by atoms with E-state index in [1.165, 1.54) is 6.20 Å². The molecule has 130 valence electrons. The molecule has 6 heteroatoms. The van der Waals surface area contributed by atoms with Gasteiger partial charge in [-0.25, -0.2) is 4.98 Å². The minimum atomic E-state index is -0.215. The summed E-state index contributed by atoms with van der Waals surface area (Å²) in [4.78, 5) is 28.2. The molecule has 25 heavy (non-hydrogen) atoms. The van der Waals surface area contributed by atoms with Crippen LogP contribution in [0.25, 0.3) is 0 Å². The second-order valence-corrected chi connectivity index (χ2v) is 6.32. The zero-order chi connectivity index (χ0) is 17.6. The van der Waals surface area contributed by atoms with E-state index in [1.807, 2.05) is 12.1 Å². The lowest BCUT2D eigenvalue weighted by molar-refractivity contribution is -0.124. The predicted molar refractivity (Wildman–Crippen MR) is 96.8 cm³/mol. The van der Waals surface area contributed by atoms with Gasteiger partial charge in [0.25, 0.3) is 5.91 Å². The Kier molecular flexibility index (Phi) is 5.28. The van der Waals surface area contributed by atoms with Crippen molar-refractivity contribution in [2.24, 2.45) is 5.92 Å². The molecular formula is C19H22N4O2. The molecule has 1 saturated carbocycles. The number of carbonyl (C=O) groups excluding carboxylic acids is 2. The Morgan fingerprint density at radius 3 is 2.44 bits per heavy atom. The van der Waals surface area contributed by atoms with Crippen LogP contribution in [0.15, 0.2) is 42.6 Å². The lowest BCUT2D eigenvalue weighted by Crippen LogP contribution is -2.28. The molecule has 1 heterocycles. The van der Waals surface area contributed by atoms with E-state index in [-0.39, 0.29) is 17.7 Å². The summed E-state index contributed by atoms with van der Waals surface area (Å²) in [6.45, 7) is 0.485. The van der Waals surface area contributed by atoms with Crippen LogP contribution in [0.4, 0.5) is 11.5 Å². The van der Waals surface area contributed by atoms with Crippen LogP contribution in [0.3, 0.4) is 0 Å². The summed E-state index contributed by atoms with van der Waals surface area (Å²) in [5.41, 5.74) is 7.62. The summed E-state index contributed by atoms with van der Waals surface area (Å²) in [6.07, 6.45) is 5.78. The normalized spacial score (nSPS) is 14.2. The van der Waals surface area contributed by atoms with Gasteiger partial charge in [-0.2, -0.15) is 0 Å². The van der Waals surface area contributed by atoms with Crippen LogP contribution in [-0.4, -0.2) is 16.8 Å². The van der Waals surface area contributed by atoms with Crippen molar-refractivity contribution < 1.29 is 9.59 Å². The van der Waals surface area contributed by atoms with E-state index in [4.69, 9.17) is 5.73 Å². The molecular weight excluding hydrogens is 316 g/mol. The number of aromatic nitrogens is 1. The first-order valence-electron chi connectivity index (χ1n) is 8.51. The van der Waals surface area contributed by atoms with E-state index >= 15 is 0 Å². The van der Waals surface area contributed by atoms with Crippen molar-refractivity contribution in [2.45, 2.75) is 32.2 Å². The summed E-state index contributed by atoms with van der Waals surface area (Å²) in [6, 6.07) is 10.5. The van der Waals surface area contributed by atoms with Gasteiger partial charge in [0.1, 0.15) is 5.82 Å². The van der Waals surface area contributed by atoms with Gasteiger partial charge in [0, 0.05) is 18.0 Å². The third kappa shape index (κ3) is 4.56. The number of hydrogen-bond donors (Lipinski definition) is 3. The number of nitrogens with two attached hydrogens (primary N) is 1. The summed E-state index contributed by atoms with van der Waals surface area (Å²) in [5.74, 6) is 0.490. The molecule has 4 N–H and O–H groups in total. The van der Waals surface area contributed by atoms with Gasteiger partial charge in [-0.05, 0) is 42.7 Å². The first-order chi connectivity index (χ1) is 12.1. The van der Waals surface area contributed by atoms with Gasteiger partial charge in [-0.15, -0.1) is 0 Å². The third-order valence-electron chi connectivity index (χ3n) is 4.45. The van der Waals surface area contributed by atoms with Crippen molar-refractivity contribution in [3.63, 3.8) is 0 Å². The molecule has 0 aliphatic heterocycles. The molecule has 0 bridgehead atoms. The number of nitrogens with one attached hydrogen (secondary N) is 2. The van der Waals surface area contributed by atoms with E-state index in [0.29, 0.717) is 23.6 Å². The standard InChI is InChI=1S/C19H22N4O2/c20-17-10-9-16(12-21-17)23-19(25)15-7-5-13(6-8-15)11-22-18(24)14-3-1-2-4-14/h5-10,12,14H,1-4,11H2,(H2,20,21)(H,22,24)(H,23,25). The van der Waals surface area contributed by atoms with Crippen LogP contribution < -0.4 is 16.4 Å².